The summed E-state index contributed by atoms with van der Waals surface area (Å²) in [4.78, 5) is 7.77. The van der Waals surface area contributed by atoms with Crippen molar-refractivity contribution in [2.45, 2.75) is 58.2 Å². The smallest absolute Gasteiger partial charge is 0.108 e. The Labute approximate surface area is 103 Å². The van der Waals surface area contributed by atoms with E-state index in [0.717, 1.165) is 31.1 Å². The summed E-state index contributed by atoms with van der Waals surface area (Å²) in [5, 5.41) is 3.38. The summed E-state index contributed by atoms with van der Waals surface area (Å²) in [6.07, 6.45) is 6.86. The quantitative estimate of drug-likeness (QED) is 0.823. The van der Waals surface area contributed by atoms with Crippen LogP contribution in [0.15, 0.2) is 6.20 Å². The molecule has 0 spiro atoms. The van der Waals surface area contributed by atoms with Gasteiger partial charge in [0.2, 0.25) is 0 Å². The molecule has 4 heteroatoms. The summed E-state index contributed by atoms with van der Waals surface area (Å²) >= 11 is 0. The Bertz CT molecular complexity index is 329. The van der Waals surface area contributed by atoms with E-state index in [1.807, 2.05) is 6.20 Å². The predicted octanol–water partition coefficient (Wildman–Crippen LogP) is 2.02. The summed E-state index contributed by atoms with van der Waals surface area (Å²) in [5.41, 5.74) is 1.16. The van der Waals surface area contributed by atoms with Gasteiger partial charge in [-0.25, -0.2) is 4.98 Å². The van der Waals surface area contributed by atoms with Crippen LogP contribution in [0.1, 0.15) is 44.6 Å². The van der Waals surface area contributed by atoms with E-state index in [4.69, 9.17) is 4.74 Å². The highest BCUT2D eigenvalue weighted by atomic mass is 16.5. The normalized spacial score (nSPS) is 21.0. The Kier molecular flexibility index (Phi) is 4.57. The zero-order valence-corrected chi connectivity index (χ0v) is 10.8. The number of nitrogens with zero attached hydrogens (tertiary/aromatic N) is 1. The van der Waals surface area contributed by atoms with Crippen molar-refractivity contribution in [2.75, 3.05) is 6.61 Å². The van der Waals surface area contributed by atoms with E-state index in [1.54, 1.807) is 0 Å². The Morgan fingerprint density at radius 2 is 2.41 bits per heavy atom. The Balaban J connectivity index is 1.80. The molecule has 1 saturated heterocycles. The summed E-state index contributed by atoms with van der Waals surface area (Å²) in [7, 11) is 0. The third kappa shape index (κ3) is 4.13. The molecule has 1 aromatic rings. The number of nitrogens with one attached hydrogen (secondary N) is 2. The number of hydrogen-bond donors (Lipinski definition) is 2. The first-order chi connectivity index (χ1) is 8.24. The SMILES string of the molecule is CC(C)NCc1cnc(CC2CCCCO2)[nH]1. The molecule has 17 heavy (non-hydrogen) atoms. The molecule has 0 aliphatic carbocycles. The highest BCUT2D eigenvalue weighted by Gasteiger charge is 2.15. The highest BCUT2D eigenvalue weighted by Crippen LogP contribution is 2.15. The fourth-order valence-electron chi connectivity index (χ4n) is 2.10. The van der Waals surface area contributed by atoms with E-state index in [0.29, 0.717) is 12.1 Å². The standard InChI is InChI=1S/C13H23N3O/c1-10(2)14-8-11-9-15-13(16-11)7-12-5-3-4-6-17-12/h9-10,12,14H,3-8H2,1-2H3,(H,15,16). The van der Waals surface area contributed by atoms with E-state index >= 15 is 0 Å². The van der Waals surface area contributed by atoms with Gasteiger partial charge in [0.1, 0.15) is 5.82 Å². The minimum absolute atomic E-state index is 0.362. The number of aromatic nitrogens is 2. The van der Waals surface area contributed by atoms with Crippen LogP contribution in [0.5, 0.6) is 0 Å². The van der Waals surface area contributed by atoms with Crippen LogP contribution in [0, 0.1) is 0 Å². The number of rotatable bonds is 5. The molecule has 1 fully saturated rings. The van der Waals surface area contributed by atoms with Gasteiger partial charge in [-0.3, -0.25) is 0 Å². The number of ether oxygens (including phenoxy) is 1. The van der Waals surface area contributed by atoms with Gasteiger partial charge in [0.15, 0.2) is 0 Å². The zero-order valence-electron chi connectivity index (χ0n) is 10.8. The van der Waals surface area contributed by atoms with E-state index < -0.39 is 0 Å². The molecule has 2 rings (SSSR count). The summed E-state index contributed by atoms with van der Waals surface area (Å²) in [5.74, 6) is 1.05. The van der Waals surface area contributed by atoms with Gasteiger partial charge in [-0.1, -0.05) is 13.8 Å². The molecule has 2 N–H and O–H groups in total. The summed E-state index contributed by atoms with van der Waals surface area (Å²) < 4.78 is 5.71. The molecule has 1 aromatic heterocycles. The van der Waals surface area contributed by atoms with Crippen molar-refractivity contribution in [1.29, 1.82) is 0 Å². The maximum absolute atomic E-state index is 5.71. The molecule has 1 aliphatic heterocycles. The molecule has 1 atom stereocenters. The van der Waals surface area contributed by atoms with Crippen LogP contribution in [-0.2, 0) is 17.7 Å². The molecular weight excluding hydrogens is 214 g/mol. The summed E-state index contributed by atoms with van der Waals surface area (Å²) in [6, 6.07) is 0.503. The van der Waals surface area contributed by atoms with E-state index in [-0.39, 0.29) is 0 Å². The van der Waals surface area contributed by atoms with Crippen molar-refractivity contribution in [3.8, 4) is 0 Å². The second kappa shape index (κ2) is 6.17. The first kappa shape index (κ1) is 12.6. The zero-order chi connectivity index (χ0) is 12.1. The van der Waals surface area contributed by atoms with Gasteiger partial charge in [0.25, 0.3) is 0 Å². The first-order valence-electron chi connectivity index (χ1n) is 6.62. The molecule has 0 bridgehead atoms. The molecule has 0 saturated carbocycles. The second-order valence-electron chi connectivity index (χ2n) is 5.08. The van der Waals surface area contributed by atoms with Crippen LogP contribution < -0.4 is 5.32 Å². The van der Waals surface area contributed by atoms with Gasteiger partial charge in [-0.2, -0.15) is 0 Å². The molecule has 0 amide bonds. The fraction of sp³-hybridized carbons (Fsp3) is 0.769. The molecule has 2 heterocycles. The van der Waals surface area contributed by atoms with Crippen molar-refractivity contribution in [3.05, 3.63) is 17.7 Å². The van der Waals surface area contributed by atoms with Crippen LogP contribution in [0.3, 0.4) is 0 Å². The maximum atomic E-state index is 5.71. The summed E-state index contributed by atoms with van der Waals surface area (Å²) in [6.45, 7) is 6.06. The molecule has 4 nitrogen and oxygen atoms in total. The lowest BCUT2D eigenvalue weighted by Crippen LogP contribution is -2.22. The molecule has 1 aliphatic rings. The van der Waals surface area contributed by atoms with Crippen LogP contribution in [0.2, 0.25) is 0 Å². The highest BCUT2D eigenvalue weighted by molar-refractivity contribution is 5.02. The number of imidazole rings is 1. The van der Waals surface area contributed by atoms with Gasteiger partial charge in [-0.15, -0.1) is 0 Å². The van der Waals surface area contributed by atoms with Crippen molar-refractivity contribution >= 4 is 0 Å². The maximum Gasteiger partial charge on any atom is 0.108 e. The average molecular weight is 237 g/mol. The van der Waals surface area contributed by atoms with Gasteiger partial charge in [0.05, 0.1) is 6.10 Å². The van der Waals surface area contributed by atoms with E-state index in [2.05, 4.69) is 29.1 Å². The molecule has 0 radical (unpaired) electrons. The minimum Gasteiger partial charge on any atom is -0.378 e. The second-order valence-corrected chi connectivity index (χ2v) is 5.08. The Morgan fingerprint density at radius 3 is 3.12 bits per heavy atom. The lowest BCUT2D eigenvalue weighted by Gasteiger charge is -2.21. The molecular formula is C13H23N3O. The van der Waals surface area contributed by atoms with Crippen LogP contribution >= 0.6 is 0 Å². The van der Waals surface area contributed by atoms with Crippen LogP contribution in [-0.4, -0.2) is 28.7 Å². The Hall–Kier alpha value is -0.870. The van der Waals surface area contributed by atoms with Gasteiger partial charge in [-0.05, 0) is 19.3 Å². The Morgan fingerprint density at radius 1 is 1.53 bits per heavy atom. The minimum atomic E-state index is 0.362. The largest absolute Gasteiger partial charge is 0.378 e. The van der Waals surface area contributed by atoms with Gasteiger partial charge in [0, 0.05) is 37.5 Å². The van der Waals surface area contributed by atoms with Crippen molar-refractivity contribution < 1.29 is 4.74 Å². The van der Waals surface area contributed by atoms with Gasteiger partial charge < -0.3 is 15.0 Å². The predicted molar refractivity (Wildman–Crippen MR) is 67.9 cm³/mol. The first-order valence-corrected chi connectivity index (χ1v) is 6.62. The lowest BCUT2D eigenvalue weighted by atomic mass is 10.1. The van der Waals surface area contributed by atoms with Crippen molar-refractivity contribution in [1.82, 2.24) is 15.3 Å². The lowest BCUT2D eigenvalue weighted by molar-refractivity contribution is 0.0157. The third-order valence-electron chi connectivity index (χ3n) is 3.08. The molecule has 1 unspecified atom stereocenters. The van der Waals surface area contributed by atoms with Crippen LogP contribution in [0.4, 0.5) is 0 Å². The van der Waals surface area contributed by atoms with Crippen LogP contribution in [0.25, 0.3) is 0 Å². The molecule has 96 valence electrons. The van der Waals surface area contributed by atoms with Gasteiger partial charge >= 0.3 is 0 Å². The fourth-order valence-corrected chi connectivity index (χ4v) is 2.10. The average Bonchev–Trinajstić information content (AvgIpc) is 2.75. The number of aromatic amines is 1. The van der Waals surface area contributed by atoms with Crippen molar-refractivity contribution in [2.24, 2.45) is 0 Å². The number of H-pyrrole nitrogens is 1. The molecule has 0 aromatic carbocycles. The van der Waals surface area contributed by atoms with E-state index in [1.165, 1.54) is 19.3 Å². The number of hydrogen-bond acceptors (Lipinski definition) is 3. The van der Waals surface area contributed by atoms with E-state index in [9.17, 15) is 0 Å². The third-order valence-corrected chi connectivity index (χ3v) is 3.08. The topological polar surface area (TPSA) is 49.9 Å². The monoisotopic (exact) mass is 237 g/mol. The van der Waals surface area contributed by atoms with Crippen molar-refractivity contribution in [3.63, 3.8) is 0 Å².